The van der Waals surface area contributed by atoms with Gasteiger partial charge in [0.15, 0.2) is 6.61 Å². The number of benzene rings is 3. The van der Waals surface area contributed by atoms with Crippen LogP contribution < -0.4 is 20.6 Å². The number of anilines is 2. The molecule has 5 rings (SSSR count). The Hall–Kier alpha value is -3.77. The maximum atomic E-state index is 12.5. The van der Waals surface area contributed by atoms with Crippen molar-refractivity contribution >= 4 is 39.9 Å². The molecule has 0 saturated carbocycles. The van der Waals surface area contributed by atoms with Crippen LogP contribution in [0.2, 0.25) is 5.02 Å². The van der Waals surface area contributed by atoms with Crippen LogP contribution in [0.3, 0.4) is 0 Å². The second-order valence-electron chi connectivity index (χ2n) is 8.56. The SMILES string of the molecule is O=C(COc1cc2oc(=O)cc(-c3ccccc3)c2cc1Cl)Nc1ccc(N2CCCCC2)cc1. The minimum atomic E-state index is -0.477. The summed E-state index contributed by atoms with van der Waals surface area (Å²) in [5.41, 5.74) is 3.32. The number of piperidine rings is 1. The molecule has 1 saturated heterocycles. The average Bonchev–Trinajstić information content (AvgIpc) is 2.89. The van der Waals surface area contributed by atoms with Gasteiger partial charge in [-0.25, -0.2) is 4.79 Å². The molecule has 1 aromatic heterocycles. The van der Waals surface area contributed by atoms with Crippen LogP contribution in [-0.2, 0) is 4.79 Å². The summed E-state index contributed by atoms with van der Waals surface area (Å²) >= 11 is 6.46. The highest BCUT2D eigenvalue weighted by atomic mass is 35.5. The number of fused-ring (bicyclic) bond motifs is 1. The number of carbonyl (C=O) groups is 1. The Balaban J connectivity index is 1.28. The molecule has 178 valence electrons. The van der Waals surface area contributed by atoms with Crippen LogP contribution in [0.25, 0.3) is 22.1 Å². The van der Waals surface area contributed by atoms with E-state index in [9.17, 15) is 9.59 Å². The molecule has 0 unspecified atom stereocenters. The monoisotopic (exact) mass is 488 g/mol. The first-order valence-electron chi connectivity index (χ1n) is 11.7. The first kappa shape index (κ1) is 23.0. The van der Waals surface area contributed by atoms with Crippen LogP contribution >= 0.6 is 11.6 Å². The number of amides is 1. The summed E-state index contributed by atoms with van der Waals surface area (Å²) < 4.78 is 11.1. The maximum absolute atomic E-state index is 12.5. The number of hydrogen-bond donors (Lipinski definition) is 1. The summed E-state index contributed by atoms with van der Waals surface area (Å²) in [6, 6.07) is 22.0. The number of hydrogen-bond acceptors (Lipinski definition) is 5. The van der Waals surface area contributed by atoms with Crippen molar-refractivity contribution in [3.63, 3.8) is 0 Å². The smallest absolute Gasteiger partial charge is 0.336 e. The predicted molar refractivity (Wildman–Crippen MR) is 140 cm³/mol. The van der Waals surface area contributed by atoms with E-state index in [2.05, 4.69) is 10.2 Å². The fraction of sp³-hybridized carbons (Fsp3) is 0.214. The Labute approximate surface area is 208 Å². The molecule has 0 radical (unpaired) electrons. The lowest BCUT2D eigenvalue weighted by molar-refractivity contribution is -0.118. The predicted octanol–water partition coefficient (Wildman–Crippen LogP) is 6.12. The van der Waals surface area contributed by atoms with Crippen molar-refractivity contribution in [1.82, 2.24) is 0 Å². The van der Waals surface area contributed by atoms with Crippen molar-refractivity contribution in [1.29, 1.82) is 0 Å². The molecule has 0 atom stereocenters. The largest absolute Gasteiger partial charge is 0.482 e. The Bertz CT molecular complexity index is 1390. The van der Waals surface area contributed by atoms with Gasteiger partial charge < -0.3 is 19.4 Å². The second kappa shape index (κ2) is 10.2. The molecule has 6 nitrogen and oxygen atoms in total. The molecule has 1 amide bonds. The van der Waals surface area contributed by atoms with Gasteiger partial charge in [0.1, 0.15) is 11.3 Å². The fourth-order valence-corrected chi connectivity index (χ4v) is 4.60. The van der Waals surface area contributed by atoms with Gasteiger partial charge >= 0.3 is 5.63 Å². The van der Waals surface area contributed by atoms with Gasteiger partial charge in [-0.3, -0.25) is 4.79 Å². The van der Waals surface area contributed by atoms with E-state index in [0.717, 1.165) is 24.2 Å². The minimum Gasteiger partial charge on any atom is -0.482 e. The highest BCUT2D eigenvalue weighted by molar-refractivity contribution is 6.33. The van der Waals surface area contributed by atoms with Gasteiger partial charge in [0.2, 0.25) is 0 Å². The van der Waals surface area contributed by atoms with Crippen molar-refractivity contribution in [3.8, 4) is 16.9 Å². The van der Waals surface area contributed by atoms with Crippen LogP contribution in [0.15, 0.2) is 82.0 Å². The first-order valence-corrected chi connectivity index (χ1v) is 12.0. The van der Waals surface area contributed by atoms with Gasteiger partial charge in [-0.1, -0.05) is 41.9 Å². The number of nitrogens with zero attached hydrogens (tertiary/aromatic N) is 1. The Morgan fingerprint density at radius 3 is 2.46 bits per heavy atom. The average molecular weight is 489 g/mol. The van der Waals surface area contributed by atoms with Gasteiger partial charge in [0.05, 0.1) is 5.02 Å². The van der Waals surface area contributed by atoms with Crippen molar-refractivity contribution in [3.05, 3.63) is 88.2 Å². The zero-order valence-electron chi connectivity index (χ0n) is 19.1. The summed E-state index contributed by atoms with van der Waals surface area (Å²) in [4.78, 5) is 27.0. The molecule has 4 aromatic rings. The summed E-state index contributed by atoms with van der Waals surface area (Å²) in [5, 5.41) is 3.85. The molecule has 1 aliphatic rings. The van der Waals surface area contributed by atoms with E-state index >= 15 is 0 Å². The van der Waals surface area contributed by atoms with Crippen molar-refractivity contribution < 1.29 is 13.9 Å². The molecule has 1 fully saturated rings. The molecule has 7 heteroatoms. The molecule has 35 heavy (non-hydrogen) atoms. The van der Waals surface area contributed by atoms with E-state index in [1.165, 1.54) is 31.0 Å². The molecule has 1 aliphatic heterocycles. The molecule has 1 N–H and O–H groups in total. The minimum absolute atomic E-state index is 0.234. The maximum Gasteiger partial charge on any atom is 0.336 e. The van der Waals surface area contributed by atoms with E-state index in [1.54, 1.807) is 12.1 Å². The lowest BCUT2D eigenvalue weighted by atomic mass is 10.0. The third kappa shape index (κ3) is 5.33. The summed E-state index contributed by atoms with van der Waals surface area (Å²) in [6.07, 6.45) is 3.71. The van der Waals surface area contributed by atoms with Gasteiger partial charge in [0.25, 0.3) is 5.91 Å². The summed E-state index contributed by atoms with van der Waals surface area (Å²) in [7, 11) is 0. The highest BCUT2D eigenvalue weighted by Crippen LogP contribution is 2.34. The quantitative estimate of drug-likeness (QED) is 0.331. The molecule has 0 bridgehead atoms. The number of rotatable bonds is 6. The molecule has 3 aromatic carbocycles. The van der Waals surface area contributed by atoms with Crippen LogP contribution in [0, 0.1) is 0 Å². The molecular weight excluding hydrogens is 464 g/mol. The van der Waals surface area contributed by atoms with E-state index in [4.69, 9.17) is 20.8 Å². The molecular formula is C28H25ClN2O4. The van der Waals surface area contributed by atoms with Gasteiger partial charge in [-0.15, -0.1) is 0 Å². The lowest BCUT2D eigenvalue weighted by Gasteiger charge is -2.28. The third-order valence-electron chi connectivity index (χ3n) is 6.11. The summed E-state index contributed by atoms with van der Waals surface area (Å²) in [6.45, 7) is 1.90. The van der Waals surface area contributed by atoms with E-state index < -0.39 is 5.63 Å². The molecule has 2 heterocycles. The highest BCUT2D eigenvalue weighted by Gasteiger charge is 2.14. The topological polar surface area (TPSA) is 71.8 Å². The van der Waals surface area contributed by atoms with Crippen LogP contribution in [0.4, 0.5) is 11.4 Å². The Morgan fingerprint density at radius 2 is 1.71 bits per heavy atom. The van der Waals surface area contributed by atoms with Crippen LogP contribution in [0.1, 0.15) is 19.3 Å². The Morgan fingerprint density at radius 1 is 0.971 bits per heavy atom. The van der Waals surface area contributed by atoms with E-state index in [-0.39, 0.29) is 18.3 Å². The fourth-order valence-electron chi connectivity index (χ4n) is 4.38. The van der Waals surface area contributed by atoms with Gasteiger partial charge in [-0.05, 0) is 60.7 Å². The Kier molecular flexibility index (Phi) is 6.73. The number of nitrogens with one attached hydrogen (secondary N) is 1. The van der Waals surface area contributed by atoms with Crippen molar-refractivity contribution in [2.75, 3.05) is 29.9 Å². The van der Waals surface area contributed by atoms with Gasteiger partial charge in [-0.2, -0.15) is 0 Å². The molecule has 0 aliphatic carbocycles. The standard InChI is InChI=1S/C28H25ClN2O4/c29-24-15-23-22(19-7-3-1-4-8-19)16-28(33)35-25(23)17-26(24)34-18-27(32)30-20-9-11-21(12-10-20)31-13-5-2-6-14-31/h1,3-4,7-12,15-17H,2,5-6,13-14,18H2,(H,30,32). The summed E-state index contributed by atoms with van der Waals surface area (Å²) in [5.74, 6) is -0.0468. The number of ether oxygens (including phenoxy) is 1. The number of carbonyl (C=O) groups excluding carboxylic acids is 1. The number of halogens is 1. The van der Waals surface area contributed by atoms with E-state index in [0.29, 0.717) is 21.7 Å². The second-order valence-corrected chi connectivity index (χ2v) is 8.96. The zero-order valence-corrected chi connectivity index (χ0v) is 19.9. The van der Waals surface area contributed by atoms with E-state index in [1.807, 2.05) is 54.6 Å². The van der Waals surface area contributed by atoms with Crippen LogP contribution in [0.5, 0.6) is 5.75 Å². The van der Waals surface area contributed by atoms with Crippen LogP contribution in [-0.4, -0.2) is 25.6 Å². The lowest BCUT2D eigenvalue weighted by Crippen LogP contribution is -2.29. The zero-order chi connectivity index (χ0) is 24.2. The first-order chi connectivity index (χ1) is 17.1. The van der Waals surface area contributed by atoms with Crippen molar-refractivity contribution in [2.24, 2.45) is 0 Å². The molecule has 0 spiro atoms. The third-order valence-corrected chi connectivity index (χ3v) is 6.41. The van der Waals surface area contributed by atoms with Gasteiger partial charge in [0, 0.05) is 42.0 Å². The van der Waals surface area contributed by atoms with Crippen molar-refractivity contribution in [2.45, 2.75) is 19.3 Å². The normalized spacial score (nSPS) is 13.6.